The van der Waals surface area contributed by atoms with E-state index >= 15 is 0 Å². The van der Waals surface area contributed by atoms with Crippen molar-refractivity contribution < 1.29 is 5.21 Å². The smallest absolute Gasteiger partial charge is 0.189 e. The van der Waals surface area contributed by atoms with Crippen LogP contribution < -0.4 is 5.73 Å². The van der Waals surface area contributed by atoms with Gasteiger partial charge in [-0.05, 0) is 25.1 Å². The first-order valence-corrected chi connectivity index (χ1v) is 6.54. The monoisotopic (exact) mass is 281 g/mol. The molecule has 0 bridgehead atoms. The molecule has 0 atom stereocenters. The number of nitrogens with two attached hydrogens (primary N) is 1. The zero-order valence-corrected chi connectivity index (χ0v) is 11.6. The van der Waals surface area contributed by atoms with E-state index in [1.54, 1.807) is 6.20 Å². The highest BCUT2D eigenvalue weighted by Crippen LogP contribution is 2.18. The molecule has 2 heterocycles. The van der Waals surface area contributed by atoms with Gasteiger partial charge in [-0.3, -0.25) is 4.98 Å². The van der Waals surface area contributed by atoms with Crippen LogP contribution in [0.1, 0.15) is 17.1 Å². The zero-order chi connectivity index (χ0) is 14.8. The van der Waals surface area contributed by atoms with E-state index in [0.29, 0.717) is 12.2 Å². The lowest BCUT2D eigenvalue weighted by Crippen LogP contribution is -2.18. The van der Waals surface area contributed by atoms with Gasteiger partial charge in [-0.2, -0.15) is 0 Å². The van der Waals surface area contributed by atoms with E-state index in [1.165, 1.54) is 0 Å². The number of para-hydroxylation sites is 2. The molecule has 0 radical (unpaired) electrons. The van der Waals surface area contributed by atoms with Gasteiger partial charge >= 0.3 is 0 Å². The normalized spacial score (nSPS) is 12.0. The van der Waals surface area contributed by atoms with Crippen LogP contribution >= 0.6 is 0 Å². The Morgan fingerprint density at radius 1 is 1.29 bits per heavy atom. The number of hydrogen-bond donors (Lipinski definition) is 2. The number of amidine groups is 1. The van der Waals surface area contributed by atoms with Crippen molar-refractivity contribution in [2.24, 2.45) is 10.9 Å². The summed E-state index contributed by atoms with van der Waals surface area (Å²) in [6, 6.07) is 11.7. The molecule has 3 aromatic rings. The van der Waals surface area contributed by atoms with E-state index in [-0.39, 0.29) is 5.84 Å². The fraction of sp³-hybridized carbons (Fsp3) is 0.133. The van der Waals surface area contributed by atoms with Crippen LogP contribution in [0.4, 0.5) is 0 Å². The summed E-state index contributed by atoms with van der Waals surface area (Å²) in [5.74, 6) is 0.915. The van der Waals surface area contributed by atoms with E-state index in [4.69, 9.17) is 10.9 Å². The minimum atomic E-state index is 0.00711. The molecule has 0 saturated carbocycles. The Morgan fingerprint density at radius 3 is 2.90 bits per heavy atom. The molecule has 1 aromatic carbocycles. The minimum Gasteiger partial charge on any atom is -0.409 e. The Balaban J connectivity index is 2.09. The van der Waals surface area contributed by atoms with Gasteiger partial charge in [0.15, 0.2) is 5.84 Å². The van der Waals surface area contributed by atoms with Crippen LogP contribution in [-0.4, -0.2) is 25.6 Å². The number of nitrogens with zero attached hydrogens (tertiary/aromatic N) is 4. The second-order valence-electron chi connectivity index (χ2n) is 4.73. The molecule has 0 spiro atoms. The van der Waals surface area contributed by atoms with Gasteiger partial charge in [0.2, 0.25) is 0 Å². The van der Waals surface area contributed by atoms with Crippen molar-refractivity contribution in [3.8, 4) is 0 Å². The van der Waals surface area contributed by atoms with Crippen molar-refractivity contribution in [1.82, 2.24) is 14.5 Å². The molecular weight excluding hydrogens is 266 g/mol. The molecule has 0 aliphatic heterocycles. The van der Waals surface area contributed by atoms with Crippen LogP contribution in [0.15, 0.2) is 47.8 Å². The number of benzene rings is 1. The van der Waals surface area contributed by atoms with Gasteiger partial charge in [0.05, 0.1) is 17.6 Å². The Labute approximate surface area is 121 Å². The fourth-order valence-corrected chi connectivity index (χ4v) is 2.41. The second-order valence-corrected chi connectivity index (χ2v) is 4.73. The Morgan fingerprint density at radius 2 is 2.10 bits per heavy atom. The highest BCUT2D eigenvalue weighted by molar-refractivity contribution is 5.96. The molecule has 0 saturated heterocycles. The SMILES string of the molecule is Cc1nc2ccccc2n1Cc1cccnc1C(N)=NO. The summed E-state index contributed by atoms with van der Waals surface area (Å²) in [5.41, 5.74) is 9.04. The Bertz CT molecular complexity index is 822. The summed E-state index contributed by atoms with van der Waals surface area (Å²) in [4.78, 5) is 8.73. The van der Waals surface area contributed by atoms with Crippen LogP contribution in [0.2, 0.25) is 0 Å². The van der Waals surface area contributed by atoms with Crippen LogP contribution in [-0.2, 0) is 6.54 Å². The number of hydrogen-bond acceptors (Lipinski definition) is 4. The van der Waals surface area contributed by atoms with Crippen molar-refractivity contribution in [3.05, 3.63) is 59.7 Å². The number of aromatic nitrogens is 3. The quantitative estimate of drug-likeness (QED) is 0.332. The number of imidazole rings is 1. The first-order chi connectivity index (χ1) is 10.2. The Hall–Kier alpha value is -2.89. The van der Waals surface area contributed by atoms with Crippen molar-refractivity contribution in [2.45, 2.75) is 13.5 Å². The first kappa shape index (κ1) is 13.1. The summed E-state index contributed by atoms with van der Waals surface area (Å²) >= 11 is 0. The van der Waals surface area contributed by atoms with Gasteiger partial charge < -0.3 is 15.5 Å². The van der Waals surface area contributed by atoms with Crippen LogP contribution in [0.3, 0.4) is 0 Å². The molecule has 6 heteroatoms. The van der Waals surface area contributed by atoms with E-state index in [0.717, 1.165) is 22.4 Å². The highest BCUT2D eigenvalue weighted by Gasteiger charge is 2.12. The lowest BCUT2D eigenvalue weighted by molar-refractivity contribution is 0.318. The predicted molar refractivity (Wildman–Crippen MR) is 80.3 cm³/mol. The average molecular weight is 281 g/mol. The van der Waals surface area contributed by atoms with Crippen molar-refractivity contribution in [3.63, 3.8) is 0 Å². The van der Waals surface area contributed by atoms with Gasteiger partial charge in [-0.25, -0.2) is 4.98 Å². The summed E-state index contributed by atoms with van der Waals surface area (Å²) in [6.45, 7) is 2.52. The zero-order valence-electron chi connectivity index (χ0n) is 11.6. The maximum Gasteiger partial charge on any atom is 0.189 e. The fourth-order valence-electron chi connectivity index (χ4n) is 2.41. The van der Waals surface area contributed by atoms with E-state index in [2.05, 4.69) is 19.7 Å². The van der Waals surface area contributed by atoms with E-state index < -0.39 is 0 Å². The Kier molecular flexibility index (Phi) is 3.27. The lowest BCUT2D eigenvalue weighted by atomic mass is 10.1. The molecule has 106 valence electrons. The molecule has 0 fully saturated rings. The van der Waals surface area contributed by atoms with Crippen LogP contribution in [0.25, 0.3) is 11.0 Å². The van der Waals surface area contributed by atoms with Gasteiger partial charge in [0.25, 0.3) is 0 Å². The predicted octanol–water partition coefficient (Wildman–Crippen LogP) is 1.88. The van der Waals surface area contributed by atoms with E-state index in [1.807, 2.05) is 43.3 Å². The largest absolute Gasteiger partial charge is 0.409 e. The maximum absolute atomic E-state index is 8.87. The number of rotatable bonds is 3. The summed E-state index contributed by atoms with van der Waals surface area (Å²) in [6.07, 6.45) is 1.62. The van der Waals surface area contributed by atoms with Crippen LogP contribution in [0.5, 0.6) is 0 Å². The molecule has 3 N–H and O–H groups in total. The maximum atomic E-state index is 8.87. The molecule has 21 heavy (non-hydrogen) atoms. The van der Waals surface area contributed by atoms with Gasteiger partial charge in [-0.1, -0.05) is 23.4 Å². The molecular formula is C15H15N5O. The third-order valence-corrected chi connectivity index (χ3v) is 3.42. The topological polar surface area (TPSA) is 89.3 Å². The van der Waals surface area contributed by atoms with Gasteiger partial charge in [-0.15, -0.1) is 0 Å². The molecule has 0 unspecified atom stereocenters. The highest BCUT2D eigenvalue weighted by atomic mass is 16.4. The third-order valence-electron chi connectivity index (χ3n) is 3.42. The van der Waals surface area contributed by atoms with Crippen molar-refractivity contribution in [2.75, 3.05) is 0 Å². The number of aryl methyl sites for hydroxylation is 1. The first-order valence-electron chi connectivity index (χ1n) is 6.54. The van der Waals surface area contributed by atoms with Gasteiger partial charge in [0.1, 0.15) is 11.5 Å². The van der Waals surface area contributed by atoms with Crippen LogP contribution in [0, 0.1) is 6.92 Å². The molecule has 2 aromatic heterocycles. The van der Waals surface area contributed by atoms with Crippen molar-refractivity contribution >= 4 is 16.9 Å². The molecule has 6 nitrogen and oxygen atoms in total. The van der Waals surface area contributed by atoms with Gasteiger partial charge in [0, 0.05) is 11.8 Å². The molecule has 0 amide bonds. The number of pyridine rings is 1. The summed E-state index contributed by atoms with van der Waals surface area (Å²) < 4.78 is 2.08. The molecule has 0 aliphatic rings. The molecule has 0 aliphatic carbocycles. The standard InChI is InChI=1S/C15H15N5O/c1-10-18-12-6-2-3-7-13(12)20(10)9-11-5-4-8-17-14(11)15(16)19-21/h2-8,21H,9H2,1H3,(H2,16,19). The minimum absolute atomic E-state index is 0.00711. The van der Waals surface area contributed by atoms with Crippen molar-refractivity contribution in [1.29, 1.82) is 0 Å². The summed E-state index contributed by atoms with van der Waals surface area (Å²) in [7, 11) is 0. The number of oxime groups is 1. The molecule has 3 rings (SSSR count). The lowest BCUT2D eigenvalue weighted by Gasteiger charge is -2.10. The average Bonchev–Trinajstić information content (AvgIpc) is 2.83. The van der Waals surface area contributed by atoms with E-state index in [9.17, 15) is 0 Å². The summed E-state index contributed by atoms with van der Waals surface area (Å²) in [5, 5.41) is 11.9. The third kappa shape index (κ3) is 2.31. The second kappa shape index (κ2) is 5.24. The number of fused-ring (bicyclic) bond motifs is 1.